The molecule has 3 heterocycles. The van der Waals surface area contributed by atoms with Gasteiger partial charge in [0.15, 0.2) is 20.5 Å². The first-order valence-electron chi connectivity index (χ1n) is 14.6. The number of aromatic hydroxyl groups is 1. The molecule has 2 aromatic carbocycles. The Balaban J connectivity index is 1.98. The Morgan fingerprint density at radius 1 is 1.09 bits per heavy atom. The third kappa shape index (κ3) is 5.64. The number of aromatic nitrogens is 2. The van der Waals surface area contributed by atoms with E-state index in [1.54, 1.807) is 35.8 Å². The smallest absolute Gasteiger partial charge is 0.276 e. The Bertz CT molecular complexity index is 2070. The zero-order valence-electron chi connectivity index (χ0n) is 25.9. The Labute approximate surface area is 270 Å². The van der Waals surface area contributed by atoms with Crippen molar-refractivity contribution in [3.63, 3.8) is 0 Å². The summed E-state index contributed by atoms with van der Waals surface area (Å²) in [4.78, 5) is 34.2. The molecule has 0 aliphatic carbocycles. The minimum absolute atomic E-state index is 0.0201. The average molecular weight is 671 g/mol. The van der Waals surface area contributed by atoms with E-state index in [0.717, 1.165) is 16.9 Å². The predicted molar refractivity (Wildman–Crippen MR) is 175 cm³/mol. The number of hydrogen-bond donors (Lipinski definition) is 1. The molecule has 1 N–H and O–H groups in total. The first-order chi connectivity index (χ1) is 21.7. The summed E-state index contributed by atoms with van der Waals surface area (Å²) in [6, 6.07) is 6.38. The molecule has 1 fully saturated rings. The van der Waals surface area contributed by atoms with Crippen molar-refractivity contribution in [1.82, 2.24) is 14.5 Å². The number of hydrogen-bond acceptors (Lipinski definition) is 7. The van der Waals surface area contributed by atoms with Crippen molar-refractivity contribution in [2.24, 2.45) is 0 Å². The van der Waals surface area contributed by atoms with Gasteiger partial charge in [0.05, 0.1) is 33.2 Å². The van der Waals surface area contributed by atoms with Crippen molar-refractivity contribution < 1.29 is 27.1 Å². The number of rotatable bonds is 6. The summed E-state index contributed by atoms with van der Waals surface area (Å²) in [6.07, 6.45) is 5.48. The van der Waals surface area contributed by atoms with Crippen LogP contribution < -0.4 is 10.5 Å². The number of anilines is 1. The fraction of sp³-hybridized carbons (Fsp3) is 0.303. The van der Waals surface area contributed by atoms with E-state index in [0.29, 0.717) is 11.3 Å². The highest BCUT2D eigenvalue weighted by molar-refractivity contribution is 7.90. The Morgan fingerprint density at radius 2 is 1.76 bits per heavy atom. The van der Waals surface area contributed by atoms with E-state index in [4.69, 9.17) is 11.6 Å². The average Bonchev–Trinajstić information content (AvgIpc) is 2.98. The monoisotopic (exact) mass is 670 g/mol. The minimum atomic E-state index is -4.27. The summed E-state index contributed by atoms with van der Waals surface area (Å²) in [6.45, 7) is 7.72. The minimum Gasteiger partial charge on any atom is -0.507 e. The molecular weight excluding hydrogens is 638 g/mol. The van der Waals surface area contributed by atoms with E-state index >= 15 is 8.78 Å². The van der Waals surface area contributed by atoms with Gasteiger partial charge in [0, 0.05) is 49.6 Å². The van der Waals surface area contributed by atoms with Gasteiger partial charge in [-0.25, -0.2) is 17.2 Å². The number of phenols is 1. The molecule has 0 atom stereocenters. The number of carbonyl (C=O) groups is 1. The van der Waals surface area contributed by atoms with E-state index in [1.165, 1.54) is 30.5 Å². The number of carbonyl (C=O) groups excluding carboxylic acids is 1. The van der Waals surface area contributed by atoms with Gasteiger partial charge in [-0.15, -0.1) is 0 Å². The fourth-order valence-electron chi connectivity index (χ4n) is 5.97. The number of fused-ring (bicyclic) bond motifs is 1. The van der Waals surface area contributed by atoms with Crippen LogP contribution in [0.3, 0.4) is 0 Å². The summed E-state index contributed by atoms with van der Waals surface area (Å²) >= 11 is 6.67. The second-order valence-corrected chi connectivity index (χ2v) is 13.9. The van der Waals surface area contributed by atoms with Crippen molar-refractivity contribution >= 4 is 43.9 Å². The van der Waals surface area contributed by atoms with Crippen molar-refractivity contribution in [2.45, 2.75) is 38.5 Å². The normalized spacial score (nSPS) is 14.2. The summed E-state index contributed by atoms with van der Waals surface area (Å²) in [5.74, 6) is -3.16. The summed E-state index contributed by atoms with van der Waals surface area (Å²) in [5, 5.41) is 10.3. The molecule has 242 valence electrons. The molecule has 46 heavy (non-hydrogen) atoms. The Hall–Kier alpha value is -4.29. The van der Waals surface area contributed by atoms with Crippen LogP contribution in [0.2, 0.25) is 5.02 Å². The van der Waals surface area contributed by atoms with Crippen LogP contribution in [0.5, 0.6) is 5.75 Å². The van der Waals surface area contributed by atoms with E-state index in [-0.39, 0.29) is 65.3 Å². The van der Waals surface area contributed by atoms with E-state index in [9.17, 15) is 23.1 Å². The van der Waals surface area contributed by atoms with Gasteiger partial charge < -0.3 is 14.9 Å². The maximum absolute atomic E-state index is 17.2. The molecule has 0 bridgehead atoms. The van der Waals surface area contributed by atoms with Gasteiger partial charge in [-0.05, 0) is 55.7 Å². The molecule has 1 saturated heterocycles. The lowest BCUT2D eigenvalue weighted by Crippen LogP contribution is -2.49. The number of halogens is 3. The van der Waals surface area contributed by atoms with Crippen LogP contribution >= 0.6 is 11.6 Å². The van der Waals surface area contributed by atoms with Crippen molar-refractivity contribution in [3.8, 4) is 22.6 Å². The number of benzene rings is 2. The number of pyridine rings is 2. The molecule has 1 amide bonds. The standard InChI is InChI=1S/C33H33ClF2N4O5S/c1-6-8-24(42)38-13-15-39(16-14-38)31-20-17-21(34)25(26-22(35)9-7-10-23(26)41)27(36)30(20)40(33(43)32(31)46(5,44)45)29-19(4)11-12-37-28(29)18(2)3/h6-12,17-18,41H,13-16H2,1-5H3/b8-6+. The topological polar surface area (TPSA) is 113 Å². The van der Waals surface area contributed by atoms with E-state index in [1.807, 2.05) is 13.8 Å². The molecule has 0 spiro atoms. The molecule has 0 radical (unpaired) electrons. The van der Waals surface area contributed by atoms with Gasteiger partial charge in [-0.2, -0.15) is 0 Å². The third-order valence-electron chi connectivity index (χ3n) is 8.04. The molecule has 2 aromatic heterocycles. The molecule has 4 aromatic rings. The van der Waals surface area contributed by atoms with Crippen LogP contribution in [0.25, 0.3) is 27.7 Å². The maximum atomic E-state index is 17.2. The van der Waals surface area contributed by atoms with Crippen LogP contribution in [0.1, 0.15) is 37.9 Å². The zero-order chi connectivity index (χ0) is 33.7. The van der Waals surface area contributed by atoms with Crippen molar-refractivity contribution in [2.75, 3.05) is 37.3 Å². The molecule has 0 unspecified atom stereocenters. The number of sulfone groups is 1. The van der Waals surface area contributed by atoms with Crippen LogP contribution in [0, 0.1) is 18.6 Å². The molecular formula is C33H33ClF2N4O5S. The number of aryl methyl sites for hydroxylation is 1. The number of phenolic OH excluding ortho intramolecular Hbond substituents is 1. The number of piperazine rings is 1. The quantitative estimate of drug-likeness (QED) is 0.260. The van der Waals surface area contributed by atoms with Gasteiger partial charge >= 0.3 is 0 Å². The lowest BCUT2D eigenvalue weighted by atomic mass is 9.98. The molecule has 9 nitrogen and oxygen atoms in total. The Morgan fingerprint density at radius 3 is 2.35 bits per heavy atom. The second-order valence-electron chi connectivity index (χ2n) is 11.5. The highest BCUT2D eigenvalue weighted by Gasteiger charge is 2.34. The lowest BCUT2D eigenvalue weighted by Gasteiger charge is -2.37. The third-order valence-corrected chi connectivity index (χ3v) is 9.45. The van der Waals surface area contributed by atoms with Crippen LogP contribution in [-0.4, -0.2) is 66.3 Å². The van der Waals surface area contributed by atoms with Crippen molar-refractivity contribution in [3.05, 3.63) is 86.9 Å². The molecule has 1 aliphatic heterocycles. The van der Waals surface area contributed by atoms with Crippen molar-refractivity contribution in [1.29, 1.82) is 0 Å². The van der Waals surface area contributed by atoms with E-state index < -0.39 is 48.8 Å². The van der Waals surface area contributed by atoms with Crippen LogP contribution in [-0.2, 0) is 14.6 Å². The van der Waals surface area contributed by atoms with E-state index in [2.05, 4.69) is 4.98 Å². The molecule has 5 rings (SSSR count). The maximum Gasteiger partial charge on any atom is 0.276 e. The molecule has 13 heteroatoms. The SMILES string of the molecule is C/C=C/C(=O)N1CCN(c2c(S(C)(=O)=O)c(=O)n(-c3c(C)ccnc3C(C)C)c3c(F)c(-c4c(O)cccc4F)c(Cl)cc23)CC1. The van der Waals surface area contributed by atoms with Gasteiger partial charge in [0.1, 0.15) is 11.6 Å². The lowest BCUT2D eigenvalue weighted by molar-refractivity contribution is -0.126. The largest absolute Gasteiger partial charge is 0.507 e. The Kier molecular flexibility index (Phi) is 8.98. The summed E-state index contributed by atoms with van der Waals surface area (Å²) < 4.78 is 60.4. The number of nitrogens with zero attached hydrogens (tertiary/aromatic N) is 4. The summed E-state index contributed by atoms with van der Waals surface area (Å²) in [7, 11) is -4.27. The van der Waals surface area contributed by atoms with Crippen LogP contribution in [0.15, 0.2) is 58.4 Å². The van der Waals surface area contributed by atoms with Gasteiger partial charge in [-0.1, -0.05) is 37.6 Å². The second kappa shape index (κ2) is 12.5. The summed E-state index contributed by atoms with van der Waals surface area (Å²) in [5.41, 5.74) is -1.38. The molecule has 0 saturated carbocycles. The van der Waals surface area contributed by atoms with Crippen LogP contribution in [0.4, 0.5) is 14.5 Å². The predicted octanol–water partition coefficient (Wildman–Crippen LogP) is 5.75. The highest BCUT2D eigenvalue weighted by atomic mass is 35.5. The van der Waals surface area contributed by atoms with Gasteiger partial charge in [-0.3, -0.25) is 19.1 Å². The van der Waals surface area contributed by atoms with Gasteiger partial charge in [0.2, 0.25) is 5.91 Å². The zero-order valence-corrected chi connectivity index (χ0v) is 27.5. The fourth-order valence-corrected chi connectivity index (χ4v) is 7.25. The highest BCUT2D eigenvalue weighted by Crippen LogP contribution is 2.45. The first kappa shape index (κ1) is 33.1. The number of amides is 1. The number of allylic oxidation sites excluding steroid dienone is 1. The van der Waals surface area contributed by atoms with Gasteiger partial charge in [0.25, 0.3) is 5.56 Å². The first-order valence-corrected chi connectivity index (χ1v) is 16.9. The molecule has 1 aliphatic rings.